The average Bonchev–Trinajstić information content (AvgIpc) is 3.24. The molecule has 0 aliphatic carbocycles. The van der Waals surface area contributed by atoms with Crippen molar-refractivity contribution in [3.63, 3.8) is 0 Å². The number of fused-ring (bicyclic) bond motifs is 3. The van der Waals surface area contributed by atoms with E-state index in [0.717, 1.165) is 27.5 Å². The number of hydrogen-bond acceptors (Lipinski definition) is 5. The van der Waals surface area contributed by atoms with Gasteiger partial charge < -0.3 is 0 Å². The Kier molecular flexibility index (Phi) is 3.99. The normalized spacial score (nSPS) is 13.7. The maximum atomic E-state index is 12.9. The molecule has 1 atom stereocenters. The van der Waals surface area contributed by atoms with E-state index < -0.39 is 11.9 Å². The van der Waals surface area contributed by atoms with Crippen molar-refractivity contribution in [3.05, 3.63) is 40.0 Å². The molecule has 0 spiro atoms. The van der Waals surface area contributed by atoms with Crippen LogP contribution in [0.2, 0.25) is 0 Å². The largest absolute Gasteiger partial charge is 0.435 e. The molecule has 0 saturated carbocycles. The van der Waals surface area contributed by atoms with E-state index in [1.807, 2.05) is 20.8 Å². The van der Waals surface area contributed by atoms with Crippen LogP contribution >= 0.6 is 11.3 Å². The van der Waals surface area contributed by atoms with Crippen LogP contribution in [0.1, 0.15) is 40.5 Å². The topological polar surface area (TPSA) is 60.9 Å². The van der Waals surface area contributed by atoms with Crippen molar-refractivity contribution < 1.29 is 13.2 Å². The quantitative estimate of drug-likeness (QED) is 0.520. The molecular weight excluding hydrogens is 377 g/mol. The smallest absolute Gasteiger partial charge is 0.269 e. The van der Waals surface area contributed by atoms with Gasteiger partial charge in [0.25, 0.3) is 0 Å². The fraction of sp³-hybridized carbons (Fsp3) is 0.412. The van der Waals surface area contributed by atoms with Crippen molar-refractivity contribution in [1.82, 2.24) is 29.4 Å². The number of alkyl halides is 3. The highest BCUT2D eigenvalue weighted by molar-refractivity contribution is 7.18. The number of rotatable bonds is 3. The van der Waals surface area contributed by atoms with E-state index in [2.05, 4.69) is 20.2 Å². The van der Waals surface area contributed by atoms with E-state index in [4.69, 9.17) is 0 Å². The lowest BCUT2D eigenvalue weighted by Gasteiger charge is -2.09. The summed E-state index contributed by atoms with van der Waals surface area (Å²) in [7, 11) is 0. The molecule has 0 aromatic carbocycles. The molecule has 0 radical (unpaired) electrons. The third kappa shape index (κ3) is 2.97. The van der Waals surface area contributed by atoms with E-state index >= 15 is 0 Å². The third-order valence-electron chi connectivity index (χ3n) is 4.68. The molecule has 0 N–H and O–H groups in total. The zero-order chi connectivity index (χ0) is 19.5. The lowest BCUT2D eigenvalue weighted by Crippen LogP contribution is -2.12. The summed E-state index contributed by atoms with van der Waals surface area (Å²) in [5.41, 5.74) is 1.41. The summed E-state index contributed by atoms with van der Waals surface area (Å²) in [5, 5.41) is 9.14. The van der Waals surface area contributed by atoms with Crippen LogP contribution in [0.5, 0.6) is 0 Å². The third-order valence-corrected chi connectivity index (χ3v) is 5.80. The fourth-order valence-electron chi connectivity index (χ4n) is 3.04. The molecule has 0 amide bonds. The van der Waals surface area contributed by atoms with Crippen molar-refractivity contribution in [1.29, 1.82) is 0 Å². The Balaban J connectivity index is 1.70. The SMILES string of the molecule is Cc1sc2ncn3nc(C(C)Cn4nc(C(F)(F)F)cc4C)nc3c2c1C. The molecule has 4 aromatic rings. The molecule has 0 saturated heterocycles. The van der Waals surface area contributed by atoms with E-state index in [9.17, 15) is 13.2 Å². The van der Waals surface area contributed by atoms with Gasteiger partial charge in [0, 0.05) is 16.5 Å². The molecule has 10 heteroatoms. The molecule has 0 aliphatic rings. The molecule has 4 heterocycles. The van der Waals surface area contributed by atoms with E-state index in [1.54, 1.807) is 29.1 Å². The van der Waals surface area contributed by atoms with Crippen molar-refractivity contribution in [3.8, 4) is 0 Å². The molecule has 6 nitrogen and oxygen atoms in total. The van der Waals surface area contributed by atoms with Crippen LogP contribution in [0.4, 0.5) is 13.2 Å². The molecule has 4 rings (SSSR count). The maximum Gasteiger partial charge on any atom is 0.435 e. The van der Waals surface area contributed by atoms with Crippen LogP contribution < -0.4 is 0 Å². The molecule has 0 aliphatic heterocycles. The van der Waals surface area contributed by atoms with Crippen molar-refractivity contribution >= 4 is 27.2 Å². The van der Waals surface area contributed by atoms with Crippen LogP contribution in [0.25, 0.3) is 15.9 Å². The number of thiophene rings is 1. The van der Waals surface area contributed by atoms with E-state index in [0.29, 0.717) is 11.5 Å². The van der Waals surface area contributed by atoms with Crippen LogP contribution in [-0.4, -0.2) is 29.4 Å². The van der Waals surface area contributed by atoms with Crippen LogP contribution in [0.3, 0.4) is 0 Å². The monoisotopic (exact) mass is 394 g/mol. The summed E-state index contributed by atoms with van der Waals surface area (Å²) in [6.45, 7) is 7.81. The molecule has 1 unspecified atom stereocenters. The Bertz CT molecular complexity index is 1150. The van der Waals surface area contributed by atoms with Gasteiger partial charge in [0.1, 0.15) is 11.2 Å². The van der Waals surface area contributed by atoms with Gasteiger partial charge >= 0.3 is 6.18 Å². The Hall–Kier alpha value is -2.49. The second-order valence-electron chi connectivity index (χ2n) is 6.70. The molecular formula is C17H17F3N6S. The highest BCUT2D eigenvalue weighted by Crippen LogP contribution is 2.32. The number of nitrogens with zero attached hydrogens (tertiary/aromatic N) is 6. The standard InChI is InChI=1S/C17H17F3N6S/c1-8(6-25-9(2)5-12(23-25)17(18,19)20)14-22-15-13-10(3)11(4)27-16(13)21-7-26(15)24-14/h5,7-8H,6H2,1-4H3. The average molecular weight is 394 g/mol. The van der Waals surface area contributed by atoms with Gasteiger partial charge in [-0.25, -0.2) is 14.5 Å². The predicted molar refractivity (Wildman–Crippen MR) is 96.0 cm³/mol. The van der Waals surface area contributed by atoms with E-state index in [1.165, 1.54) is 9.56 Å². The first-order valence-electron chi connectivity index (χ1n) is 8.37. The minimum Gasteiger partial charge on any atom is -0.269 e. The van der Waals surface area contributed by atoms with Gasteiger partial charge in [0.15, 0.2) is 17.2 Å². The first kappa shape index (κ1) is 17.9. The second-order valence-corrected chi connectivity index (χ2v) is 7.90. The summed E-state index contributed by atoms with van der Waals surface area (Å²) in [6.07, 6.45) is -2.83. The fourth-order valence-corrected chi connectivity index (χ4v) is 4.04. The van der Waals surface area contributed by atoms with Gasteiger partial charge in [-0.05, 0) is 32.4 Å². The molecule has 0 bridgehead atoms. The van der Waals surface area contributed by atoms with Gasteiger partial charge in [0.05, 0.1) is 11.9 Å². The zero-order valence-electron chi connectivity index (χ0n) is 15.2. The van der Waals surface area contributed by atoms with Crippen molar-refractivity contribution in [2.24, 2.45) is 0 Å². The summed E-state index contributed by atoms with van der Waals surface area (Å²) in [6, 6.07) is 1.05. The Labute approximate surface area is 156 Å². The molecule has 142 valence electrons. The Morgan fingerprint density at radius 2 is 1.93 bits per heavy atom. The molecule has 0 fully saturated rings. The highest BCUT2D eigenvalue weighted by atomic mass is 32.1. The Morgan fingerprint density at radius 1 is 1.19 bits per heavy atom. The number of aryl methyl sites for hydroxylation is 3. The number of halogens is 3. The predicted octanol–water partition coefficient (Wildman–Crippen LogP) is 4.28. The summed E-state index contributed by atoms with van der Waals surface area (Å²) >= 11 is 1.61. The van der Waals surface area contributed by atoms with E-state index in [-0.39, 0.29) is 12.5 Å². The second kappa shape index (κ2) is 6.01. The minimum atomic E-state index is -4.45. The lowest BCUT2D eigenvalue weighted by molar-refractivity contribution is -0.141. The van der Waals surface area contributed by atoms with Gasteiger partial charge in [-0.1, -0.05) is 6.92 Å². The lowest BCUT2D eigenvalue weighted by atomic mass is 10.1. The van der Waals surface area contributed by atoms with Crippen LogP contribution in [0, 0.1) is 20.8 Å². The first-order valence-corrected chi connectivity index (χ1v) is 9.19. The van der Waals surface area contributed by atoms with Crippen LogP contribution in [0.15, 0.2) is 12.4 Å². The number of aromatic nitrogens is 6. The first-order chi connectivity index (χ1) is 12.6. The van der Waals surface area contributed by atoms with Crippen LogP contribution in [-0.2, 0) is 12.7 Å². The molecule has 4 aromatic heterocycles. The minimum absolute atomic E-state index is 0.209. The summed E-state index contributed by atoms with van der Waals surface area (Å²) in [4.78, 5) is 11.2. The maximum absolute atomic E-state index is 12.9. The molecule has 27 heavy (non-hydrogen) atoms. The summed E-state index contributed by atoms with van der Waals surface area (Å²) in [5.74, 6) is 0.343. The van der Waals surface area contributed by atoms with Gasteiger partial charge in [-0.2, -0.15) is 18.3 Å². The van der Waals surface area contributed by atoms with Gasteiger partial charge in [0.2, 0.25) is 0 Å². The number of hydrogen-bond donors (Lipinski definition) is 0. The van der Waals surface area contributed by atoms with Gasteiger partial charge in [-0.3, -0.25) is 4.68 Å². The highest BCUT2D eigenvalue weighted by Gasteiger charge is 2.34. The Morgan fingerprint density at radius 3 is 2.59 bits per heavy atom. The summed E-state index contributed by atoms with van der Waals surface area (Å²) < 4.78 is 41.6. The van der Waals surface area contributed by atoms with Crippen molar-refractivity contribution in [2.75, 3.05) is 0 Å². The van der Waals surface area contributed by atoms with Crippen molar-refractivity contribution in [2.45, 2.75) is 46.3 Å². The zero-order valence-corrected chi connectivity index (χ0v) is 16.0. The van der Waals surface area contributed by atoms with Gasteiger partial charge in [-0.15, -0.1) is 16.4 Å².